The average Bonchev–Trinajstić information content (AvgIpc) is 2.85. The van der Waals surface area contributed by atoms with Crippen molar-refractivity contribution < 1.29 is 4.79 Å². The zero-order valence-electron chi connectivity index (χ0n) is 11.0. The van der Waals surface area contributed by atoms with Crippen LogP contribution in [0.3, 0.4) is 0 Å². The van der Waals surface area contributed by atoms with Crippen molar-refractivity contribution in [3.05, 3.63) is 22.7 Å². The normalized spacial score (nSPS) is 16.8. The molecule has 0 aliphatic heterocycles. The predicted molar refractivity (Wildman–Crippen MR) is 75.2 cm³/mol. The summed E-state index contributed by atoms with van der Waals surface area (Å²) in [5, 5.41) is 6.50. The quantitative estimate of drug-likeness (QED) is 0.824. The van der Waals surface area contributed by atoms with E-state index in [1.165, 1.54) is 4.88 Å². The van der Waals surface area contributed by atoms with E-state index >= 15 is 0 Å². The molecule has 98 valence electrons. The maximum atomic E-state index is 11.9. The summed E-state index contributed by atoms with van der Waals surface area (Å²) in [5.41, 5.74) is 0.857. The Morgan fingerprint density at radius 1 is 1.50 bits per heavy atom. The van der Waals surface area contributed by atoms with Gasteiger partial charge in [0.05, 0.1) is 5.69 Å². The molecule has 1 aliphatic carbocycles. The highest BCUT2D eigenvalue weighted by Crippen LogP contribution is 2.25. The molecule has 1 aromatic rings. The van der Waals surface area contributed by atoms with Gasteiger partial charge in [0.2, 0.25) is 0 Å². The molecular weight excluding hydrogens is 246 g/mol. The molecule has 0 spiro atoms. The van der Waals surface area contributed by atoms with Gasteiger partial charge in [0.1, 0.15) is 0 Å². The van der Waals surface area contributed by atoms with Crippen molar-refractivity contribution in [3.8, 4) is 0 Å². The number of carbonyl (C=O) groups excluding carboxylic acids is 1. The molecule has 0 saturated carbocycles. The molecule has 0 saturated heterocycles. The number of aryl methyl sites for hydroxylation is 2. The Morgan fingerprint density at radius 3 is 2.72 bits per heavy atom. The molecule has 4 nitrogen and oxygen atoms in total. The van der Waals surface area contributed by atoms with Crippen LogP contribution in [-0.2, 0) is 6.42 Å². The predicted octanol–water partition coefficient (Wildman–Crippen LogP) is 3.24. The Hall–Kier alpha value is -1.36. The van der Waals surface area contributed by atoms with Gasteiger partial charge in [-0.25, -0.2) is 9.78 Å². The van der Waals surface area contributed by atoms with Crippen molar-refractivity contribution in [3.63, 3.8) is 0 Å². The van der Waals surface area contributed by atoms with Crippen LogP contribution < -0.4 is 10.6 Å². The van der Waals surface area contributed by atoms with Gasteiger partial charge >= 0.3 is 6.03 Å². The van der Waals surface area contributed by atoms with Crippen LogP contribution in [0.5, 0.6) is 0 Å². The van der Waals surface area contributed by atoms with E-state index in [2.05, 4.69) is 41.6 Å². The minimum atomic E-state index is -0.169. The molecule has 0 atom stereocenters. The second-order valence-electron chi connectivity index (χ2n) is 4.90. The van der Waals surface area contributed by atoms with Crippen molar-refractivity contribution in [1.29, 1.82) is 0 Å². The van der Waals surface area contributed by atoms with E-state index in [9.17, 15) is 4.79 Å². The fourth-order valence-corrected chi connectivity index (χ4v) is 2.98. The zero-order valence-corrected chi connectivity index (χ0v) is 11.9. The van der Waals surface area contributed by atoms with E-state index in [-0.39, 0.29) is 11.6 Å². The molecule has 1 aliphatic rings. The Balaban J connectivity index is 1.94. The molecule has 2 N–H and O–H groups in total. The third kappa shape index (κ3) is 2.90. The number of rotatable bonds is 3. The van der Waals surface area contributed by atoms with E-state index in [1.807, 2.05) is 6.92 Å². The molecule has 5 heteroatoms. The van der Waals surface area contributed by atoms with Crippen LogP contribution in [-0.4, -0.2) is 16.6 Å². The second-order valence-corrected chi connectivity index (χ2v) is 5.98. The van der Waals surface area contributed by atoms with Crippen LogP contribution in [0.4, 0.5) is 9.93 Å². The Bertz CT molecular complexity index is 471. The fraction of sp³-hybridized carbons (Fsp3) is 0.538. The average molecular weight is 265 g/mol. The number of anilines is 1. The number of urea groups is 1. The number of hydrogen-bond donors (Lipinski definition) is 2. The number of nitrogens with zero attached hydrogens (tertiary/aromatic N) is 1. The summed E-state index contributed by atoms with van der Waals surface area (Å²) in [6.07, 6.45) is 6.93. The van der Waals surface area contributed by atoms with Crippen LogP contribution in [0.25, 0.3) is 0 Å². The van der Waals surface area contributed by atoms with E-state index in [4.69, 9.17) is 0 Å². The van der Waals surface area contributed by atoms with Gasteiger partial charge in [0.15, 0.2) is 5.13 Å². The second kappa shape index (κ2) is 5.10. The molecule has 0 radical (unpaired) electrons. The van der Waals surface area contributed by atoms with E-state index in [0.717, 1.165) is 25.0 Å². The first-order valence-corrected chi connectivity index (χ1v) is 7.04. The molecule has 0 unspecified atom stereocenters. The van der Waals surface area contributed by atoms with Gasteiger partial charge in [-0.3, -0.25) is 5.32 Å². The maximum Gasteiger partial charge on any atom is 0.321 e. The number of carbonyl (C=O) groups is 1. The van der Waals surface area contributed by atoms with E-state index in [0.29, 0.717) is 5.13 Å². The molecule has 0 fully saturated rings. The number of nitrogens with one attached hydrogen (secondary N) is 2. The number of aromatic nitrogens is 1. The monoisotopic (exact) mass is 265 g/mol. The van der Waals surface area contributed by atoms with Gasteiger partial charge in [0.25, 0.3) is 0 Å². The molecule has 1 heterocycles. The largest absolute Gasteiger partial charge is 0.332 e. The van der Waals surface area contributed by atoms with Crippen molar-refractivity contribution >= 4 is 22.5 Å². The summed E-state index contributed by atoms with van der Waals surface area (Å²) in [5.74, 6) is 0. The lowest BCUT2D eigenvalue weighted by Gasteiger charge is -2.24. The van der Waals surface area contributed by atoms with Crippen LogP contribution >= 0.6 is 11.3 Å². The summed E-state index contributed by atoms with van der Waals surface area (Å²) in [6.45, 7) is 6.12. The lowest BCUT2D eigenvalue weighted by atomic mass is 10.0. The summed E-state index contributed by atoms with van der Waals surface area (Å²) in [4.78, 5) is 17.5. The lowest BCUT2D eigenvalue weighted by Crippen LogP contribution is -2.45. The van der Waals surface area contributed by atoms with E-state index < -0.39 is 0 Å². The Morgan fingerprint density at radius 2 is 2.17 bits per heavy atom. The van der Waals surface area contributed by atoms with Gasteiger partial charge in [-0.05, 0) is 33.1 Å². The summed E-state index contributed by atoms with van der Waals surface area (Å²) in [7, 11) is 0. The molecule has 1 aromatic heterocycles. The summed E-state index contributed by atoms with van der Waals surface area (Å²) in [6, 6.07) is -0.169. The van der Waals surface area contributed by atoms with Crippen LogP contribution in [0.2, 0.25) is 0 Å². The highest BCUT2D eigenvalue weighted by Gasteiger charge is 2.27. The highest BCUT2D eigenvalue weighted by atomic mass is 32.1. The smallest absolute Gasteiger partial charge is 0.321 e. The zero-order chi connectivity index (χ0) is 13.2. The standard InChI is InChI=1S/C13H19N3OS/c1-4-10-9(2)14-12(18-10)15-11(17)16-13(3)7-5-6-8-13/h5-6H,4,7-8H2,1-3H3,(H2,14,15,16,17). The maximum absolute atomic E-state index is 11.9. The van der Waals surface area contributed by atoms with Gasteiger partial charge in [-0.15, -0.1) is 11.3 Å². The number of hydrogen-bond acceptors (Lipinski definition) is 3. The summed E-state index contributed by atoms with van der Waals surface area (Å²) >= 11 is 1.55. The van der Waals surface area contributed by atoms with Crippen LogP contribution in [0.1, 0.15) is 37.3 Å². The van der Waals surface area contributed by atoms with Gasteiger partial charge < -0.3 is 5.32 Å². The molecule has 2 amide bonds. The minimum Gasteiger partial charge on any atom is -0.332 e. The van der Waals surface area contributed by atoms with Crippen LogP contribution in [0, 0.1) is 6.92 Å². The molecular formula is C13H19N3OS. The van der Waals surface area contributed by atoms with Gasteiger partial charge in [0, 0.05) is 10.4 Å². The van der Waals surface area contributed by atoms with Crippen LogP contribution in [0.15, 0.2) is 12.2 Å². The lowest BCUT2D eigenvalue weighted by molar-refractivity contribution is 0.240. The topological polar surface area (TPSA) is 54.0 Å². The SMILES string of the molecule is CCc1sc(NC(=O)NC2(C)CC=CC2)nc1C. The number of thiazole rings is 1. The van der Waals surface area contributed by atoms with Crippen molar-refractivity contribution in [1.82, 2.24) is 10.3 Å². The molecule has 0 bridgehead atoms. The van der Waals surface area contributed by atoms with E-state index in [1.54, 1.807) is 11.3 Å². The van der Waals surface area contributed by atoms with Gasteiger partial charge in [-0.1, -0.05) is 19.1 Å². The molecule has 0 aromatic carbocycles. The first-order chi connectivity index (χ1) is 8.52. The summed E-state index contributed by atoms with van der Waals surface area (Å²) < 4.78 is 0. The van der Waals surface area contributed by atoms with Crippen molar-refractivity contribution in [2.45, 2.75) is 45.6 Å². The molecule has 2 rings (SSSR count). The highest BCUT2D eigenvalue weighted by molar-refractivity contribution is 7.15. The Kier molecular flexibility index (Phi) is 3.71. The number of amides is 2. The van der Waals surface area contributed by atoms with Crippen molar-refractivity contribution in [2.24, 2.45) is 0 Å². The third-order valence-electron chi connectivity index (χ3n) is 3.15. The third-order valence-corrected chi connectivity index (χ3v) is 4.37. The molecule has 18 heavy (non-hydrogen) atoms. The fourth-order valence-electron chi connectivity index (χ4n) is 2.08. The van der Waals surface area contributed by atoms with Gasteiger partial charge in [-0.2, -0.15) is 0 Å². The van der Waals surface area contributed by atoms with Crippen molar-refractivity contribution in [2.75, 3.05) is 5.32 Å². The Labute approximate surface area is 112 Å². The first-order valence-electron chi connectivity index (χ1n) is 6.23. The first kappa shape index (κ1) is 13.1. The minimum absolute atomic E-state index is 0.149.